The molecule has 1 aliphatic rings. The zero-order chi connectivity index (χ0) is 16.3. The first-order valence-electron chi connectivity index (χ1n) is 7.15. The van der Waals surface area contributed by atoms with Crippen LogP contribution in [0.25, 0.3) is 0 Å². The Balaban J connectivity index is 1.93. The Kier molecular flexibility index (Phi) is 5.20. The van der Waals surface area contributed by atoms with E-state index in [0.29, 0.717) is 12.8 Å². The molecular weight excluding hydrogens is 308 g/mol. The number of aliphatic hydroxyl groups excluding tert-OH is 1. The molecule has 3 N–H and O–H groups in total. The van der Waals surface area contributed by atoms with Crippen molar-refractivity contribution < 1.29 is 18.3 Å². The first kappa shape index (κ1) is 16.9. The molecular formula is C13H22N4O4S. The first-order chi connectivity index (χ1) is 10.2. The number of nitrogens with one attached hydrogen (secondary N) is 2. The van der Waals surface area contributed by atoms with Gasteiger partial charge in [0.05, 0.1) is 24.6 Å². The van der Waals surface area contributed by atoms with Crippen LogP contribution < -0.4 is 10.0 Å². The second kappa shape index (κ2) is 6.76. The SMILES string of the molecule is Cn1cc(C(NC(=O)CCNS(C)(=O)=O)C2CC(O)C2)cn1. The Morgan fingerprint density at radius 1 is 1.55 bits per heavy atom. The summed E-state index contributed by atoms with van der Waals surface area (Å²) >= 11 is 0. The molecule has 0 aromatic carbocycles. The number of amides is 1. The lowest BCUT2D eigenvalue weighted by Crippen LogP contribution is -2.42. The monoisotopic (exact) mass is 330 g/mol. The van der Waals surface area contributed by atoms with Gasteiger partial charge in [0.25, 0.3) is 0 Å². The second-order valence-corrected chi connectivity index (χ2v) is 7.63. The van der Waals surface area contributed by atoms with Crippen molar-refractivity contribution in [2.45, 2.75) is 31.4 Å². The maximum atomic E-state index is 12.0. The predicted octanol–water partition coefficient (Wildman–Crippen LogP) is -0.712. The van der Waals surface area contributed by atoms with Crippen LogP contribution in [-0.2, 0) is 21.9 Å². The smallest absolute Gasteiger partial charge is 0.221 e. The minimum Gasteiger partial charge on any atom is -0.393 e. The summed E-state index contributed by atoms with van der Waals surface area (Å²) in [5.41, 5.74) is 0.892. The highest BCUT2D eigenvalue weighted by molar-refractivity contribution is 7.88. The number of aromatic nitrogens is 2. The van der Waals surface area contributed by atoms with E-state index in [4.69, 9.17) is 0 Å². The number of aliphatic hydroxyl groups is 1. The van der Waals surface area contributed by atoms with Crippen molar-refractivity contribution in [3.63, 3.8) is 0 Å². The van der Waals surface area contributed by atoms with Crippen molar-refractivity contribution in [1.82, 2.24) is 19.8 Å². The van der Waals surface area contributed by atoms with Crippen LogP contribution in [0.15, 0.2) is 12.4 Å². The molecule has 0 radical (unpaired) electrons. The quantitative estimate of drug-likeness (QED) is 0.611. The fourth-order valence-electron chi connectivity index (χ4n) is 2.57. The van der Waals surface area contributed by atoms with Gasteiger partial charge in [-0.3, -0.25) is 9.48 Å². The van der Waals surface area contributed by atoms with Gasteiger partial charge in [-0.15, -0.1) is 0 Å². The average molecular weight is 330 g/mol. The molecule has 1 aromatic rings. The average Bonchev–Trinajstić information content (AvgIpc) is 2.77. The fraction of sp³-hybridized carbons (Fsp3) is 0.692. The molecule has 0 spiro atoms. The van der Waals surface area contributed by atoms with Crippen LogP contribution in [0.4, 0.5) is 0 Å². The third-order valence-electron chi connectivity index (χ3n) is 3.74. The number of hydrogen-bond donors (Lipinski definition) is 3. The lowest BCUT2D eigenvalue weighted by atomic mass is 9.75. The van der Waals surface area contributed by atoms with E-state index in [1.165, 1.54) is 0 Å². The van der Waals surface area contributed by atoms with Crippen LogP contribution in [0.3, 0.4) is 0 Å². The highest BCUT2D eigenvalue weighted by atomic mass is 32.2. The Morgan fingerprint density at radius 2 is 2.23 bits per heavy atom. The maximum Gasteiger partial charge on any atom is 0.221 e. The first-order valence-corrected chi connectivity index (χ1v) is 9.04. The van der Waals surface area contributed by atoms with Crippen LogP contribution >= 0.6 is 0 Å². The van der Waals surface area contributed by atoms with E-state index in [2.05, 4.69) is 15.1 Å². The third kappa shape index (κ3) is 4.79. The third-order valence-corrected chi connectivity index (χ3v) is 4.47. The summed E-state index contributed by atoms with van der Waals surface area (Å²) in [5.74, 6) is -0.0580. The van der Waals surface area contributed by atoms with Crippen molar-refractivity contribution >= 4 is 15.9 Å². The molecule has 8 nitrogen and oxygen atoms in total. The van der Waals surface area contributed by atoms with E-state index < -0.39 is 10.0 Å². The Morgan fingerprint density at radius 3 is 2.73 bits per heavy atom. The molecule has 0 saturated heterocycles. The molecule has 1 fully saturated rings. The Hall–Kier alpha value is -1.45. The van der Waals surface area contributed by atoms with E-state index in [-0.39, 0.29) is 36.9 Å². The highest BCUT2D eigenvalue weighted by Crippen LogP contribution is 2.37. The molecule has 1 aromatic heterocycles. The molecule has 0 aliphatic heterocycles. The summed E-state index contributed by atoms with van der Waals surface area (Å²) in [6.45, 7) is 0.0672. The molecule has 22 heavy (non-hydrogen) atoms. The normalized spacial score (nSPS) is 22.9. The van der Waals surface area contributed by atoms with Crippen molar-refractivity contribution in [2.75, 3.05) is 12.8 Å². The summed E-state index contributed by atoms with van der Waals surface area (Å²) in [7, 11) is -1.49. The molecule has 1 heterocycles. The zero-order valence-electron chi connectivity index (χ0n) is 12.7. The lowest BCUT2D eigenvalue weighted by Gasteiger charge is -2.37. The summed E-state index contributed by atoms with van der Waals surface area (Å²) in [4.78, 5) is 12.0. The molecule has 124 valence electrons. The zero-order valence-corrected chi connectivity index (χ0v) is 13.5. The Labute approximate surface area is 129 Å². The fourth-order valence-corrected chi connectivity index (χ4v) is 3.04. The van der Waals surface area contributed by atoms with Crippen LogP contribution in [0.1, 0.15) is 30.9 Å². The van der Waals surface area contributed by atoms with Crippen molar-refractivity contribution in [1.29, 1.82) is 0 Å². The van der Waals surface area contributed by atoms with E-state index >= 15 is 0 Å². The van der Waals surface area contributed by atoms with Gasteiger partial charge in [0.1, 0.15) is 0 Å². The van der Waals surface area contributed by atoms with Gasteiger partial charge < -0.3 is 10.4 Å². The van der Waals surface area contributed by atoms with E-state index in [1.807, 2.05) is 6.20 Å². The van der Waals surface area contributed by atoms with Crippen molar-refractivity contribution in [2.24, 2.45) is 13.0 Å². The van der Waals surface area contributed by atoms with E-state index in [1.54, 1.807) is 17.9 Å². The van der Waals surface area contributed by atoms with Gasteiger partial charge in [-0.1, -0.05) is 0 Å². The molecule has 2 rings (SSSR count). The maximum absolute atomic E-state index is 12.0. The predicted molar refractivity (Wildman–Crippen MR) is 80.3 cm³/mol. The summed E-state index contributed by atoms with van der Waals surface area (Å²) in [6, 6.07) is -0.206. The van der Waals surface area contributed by atoms with Crippen molar-refractivity contribution in [3.05, 3.63) is 18.0 Å². The standard InChI is InChI=1S/C13H22N4O4S/c1-17-8-10(7-14-17)13(9-5-11(18)6-9)16-12(19)3-4-15-22(2,20)21/h7-9,11,13,15,18H,3-6H2,1-2H3,(H,16,19). The number of aryl methyl sites for hydroxylation is 1. The highest BCUT2D eigenvalue weighted by Gasteiger charge is 2.36. The number of rotatable bonds is 7. The summed E-state index contributed by atoms with van der Waals surface area (Å²) < 4.78 is 25.9. The Bertz CT molecular complexity index is 622. The van der Waals surface area contributed by atoms with Gasteiger partial charge in [0.2, 0.25) is 15.9 Å². The van der Waals surface area contributed by atoms with Gasteiger partial charge in [0, 0.05) is 31.8 Å². The lowest BCUT2D eigenvalue weighted by molar-refractivity contribution is -0.122. The molecule has 1 atom stereocenters. The molecule has 1 unspecified atom stereocenters. The van der Waals surface area contributed by atoms with Gasteiger partial charge in [0.15, 0.2) is 0 Å². The summed E-state index contributed by atoms with van der Waals surface area (Å²) in [5, 5.41) is 16.5. The topological polar surface area (TPSA) is 113 Å². The molecule has 1 amide bonds. The largest absolute Gasteiger partial charge is 0.393 e. The van der Waals surface area contributed by atoms with Crippen LogP contribution in [0.2, 0.25) is 0 Å². The van der Waals surface area contributed by atoms with Gasteiger partial charge in [-0.2, -0.15) is 5.10 Å². The molecule has 0 bridgehead atoms. The number of hydrogen-bond acceptors (Lipinski definition) is 5. The van der Waals surface area contributed by atoms with Crippen molar-refractivity contribution in [3.8, 4) is 0 Å². The van der Waals surface area contributed by atoms with E-state index in [9.17, 15) is 18.3 Å². The molecule has 9 heteroatoms. The second-order valence-electron chi connectivity index (χ2n) is 5.79. The number of carbonyl (C=O) groups is 1. The minimum absolute atomic E-state index is 0.0672. The van der Waals surface area contributed by atoms with E-state index in [0.717, 1.165) is 11.8 Å². The molecule has 1 aliphatic carbocycles. The number of carbonyl (C=O) groups excluding carboxylic acids is 1. The molecule has 1 saturated carbocycles. The van der Waals surface area contributed by atoms with Crippen LogP contribution in [0.5, 0.6) is 0 Å². The number of nitrogens with zero attached hydrogens (tertiary/aromatic N) is 2. The minimum atomic E-state index is -3.29. The van der Waals surface area contributed by atoms with Gasteiger partial charge in [-0.05, 0) is 18.8 Å². The van der Waals surface area contributed by atoms with Crippen LogP contribution in [0, 0.1) is 5.92 Å². The van der Waals surface area contributed by atoms with Gasteiger partial charge in [-0.25, -0.2) is 13.1 Å². The van der Waals surface area contributed by atoms with Gasteiger partial charge >= 0.3 is 0 Å². The van der Waals surface area contributed by atoms with Crippen LogP contribution in [-0.4, -0.2) is 48.1 Å². The summed E-state index contributed by atoms with van der Waals surface area (Å²) in [6.07, 6.45) is 5.63. The number of sulfonamides is 1.